The number of nitrogens with two attached hydrogens (primary N) is 1. The van der Waals surface area contributed by atoms with E-state index in [2.05, 4.69) is 17.0 Å². The molecule has 0 radical (unpaired) electrons. The van der Waals surface area contributed by atoms with E-state index >= 15 is 0 Å². The first-order valence-corrected chi connectivity index (χ1v) is 6.99. The van der Waals surface area contributed by atoms with Gasteiger partial charge < -0.3 is 15.4 Å². The van der Waals surface area contributed by atoms with E-state index in [-0.39, 0.29) is 0 Å². The number of ether oxygens (including phenoxy) is 1. The molecule has 3 rings (SSSR count). The third-order valence-electron chi connectivity index (χ3n) is 4.31. The van der Waals surface area contributed by atoms with Crippen molar-refractivity contribution in [1.82, 2.24) is 0 Å². The summed E-state index contributed by atoms with van der Waals surface area (Å²) in [6, 6.07) is 8.41. The molecular weight excluding hydrogens is 224 g/mol. The fourth-order valence-corrected chi connectivity index (χ4v) is 3.32. The average Bonchev–Trinajstić information content (AvgIpc) is 2.85. The summed E-state index contributed by atoms with van der Waals surface area (Å²) >= 11 is 0. The highest BCUT2D eigenvalue weighted by molar-refractivity contribution is 5.52. The van der Waals surface area contributed by atoms with E-state index in [1.165, 1.54) is 44.5 Å². The Hall–Kier alpha value is -1.22. The highest BCUT2D eigenvalue weighted by Crippen LogP contribution is 2.46. The summed E-state index contributed by atoms with van der Waals surface area (Å²) in [5, 5.41) is 0. The van der Waals surface area contributed by atoms with E-state index < -0.39 is 0 Å². The fourth-order valence-electron chi connectivity index (χ4n) is 3.32. The van der Waals surface area contributed by atoms with Crippen LogP contribution in [0, 0.1) is 5.41 Å². The molecule has 98 valence electrons. The molecule has 0 aromatic heterocycles. The Morgan fingerprint density at radius 1 is 1.11 bits per heavy atom. The van der Waals surface area contributed by atoms with Gasteiger partial charge in [-0.2, -0.15) is 0 Å². The minimum Gasteiger partial charge on any atom is -0.492 e. The van der Waals surface area contributed by atoms with Crippen LogP contribution in [0.25, 0.3) is 0 Å². The quantitative estimate of drug-likeness (QED) is 0.886. The van der Waals surface area contributed by atoms with Crippen LogP contribution < -0.4 is 15.4 Å². The normalized spacial score (nSPS) is 21.1. The number of anilines is 1. The van der Waals surface area contributed by atoms with Gasteiger partial charge in [-0.1, -0.05) is 12.8 Å². The highest BCUT2D eigenvalue weighted by atomic mass is 16.5. The second-order valence-corrected chi connectivity index (χ2v) is 5.69. The molecule has 1 saturated heterocycles. The molecule has 1 aliphatic heterocycles. The number of hydrogen-bond donors (Lipinski definition) is 1. The van der Waals surface area contributed by atoms with Gasteiger partial charge in [0.2, 0.25) is 0 Å². The van der Waals surface area contributed by atoms with Crippen molar-refractivity contribution in [2.24, 2.45) is 11.1 Å². The lowest BCUT2D eigenvalue weighted by atomic mass is 9.78. The first-order chi connectivity index (χ1) is 8.81. The van der Waals surface area contributed by atoms with Crippen molar-refractivity contribution < 1.29 is 4.74 Å². The predicted octanol–water partition coefficient (Wildman–Crippen LogP) is 2.40. The van der Waals surface area contributed by atoms with Crippen LogP contribution >= 0.6 is 0 Å². The molecule has 2 N–H and O–H groups in total. The van der Waals surface area contributed by atoms with Gasteiger partial charge in [-0.05, 0) is 37.1 Å². The summed E-state index contributed by atoms with van der Waals surface area (Å²) in [5.74, 6) is 0.917. The maximum Gasteiger partial charge on any atom is 0.119 e. The number of rotatable bonds is 4. The number of hydrogen-bond acceptors (Lipinski definition) is 3. The molecule has 0 amide bonds. The molecule has 2 fully saturated rings. The molecule has 2 aliphatic rings. The van der Waals surface area contributed by atoms with Crippen LogP contribution in [0.4, 0.5) is 5.69 Å². The molecule has 18 heavy (non-hydrogen) atoms. The van der Waals surface area contributed by atoms with Gasteiger partial charge in [0, 0.05) is 30.7 Å². The lowest BCUT2D eigenvalue weighted by Gasteiger charge is -2.49. The van der Waals surface area contributed by atoms with Crippen molar-refractivity contribution in [2.75, 3.05) is 31.1 Å². The minimum absolute atomic E-state index is 0.566. The van der Waals surface area contributed by atoms with E-state index in [0.29, 0.717) is 18.6 Å². The van der Waals surface area contributed by atoms with Crippen LogP contribution in [0.1, 0.15) is 25.7 Å². The topological polar surface area (TPSA) is 38.5 Å². The zero-order valence-electron chi connectivity index (χ0n) is 10.9. The Morgan fingerprint density at radius 3 is 2.39 bits per heavy atom. The van der Waals surface area contributed by atoms with Crippen molar-refractivity contribution in [2.45, 2.75) is 25.7 Å². The largest absolute Gasteiger partial charge is 0.492 e. The fraction of sp³-hybridized carbons (Fsp3) is 0.600. The van der Waals surface area contributed by atoms with Crippen molar-refractivity contribution >= 4 is 5.69 Å². The maximum absolute atomic E-state index is 5.49. The zero-order valence-corrected chi connectivity index (χ0v) is 10.9. The van der Waals surface area contributed by atoms with Crippen LogP contribution in [-0.4, -0.2) is 26.2 Å². The second-order valence-electron chi connectivity index (χ2n) is 5.69. The molecule has 1 aromatic carbocycles. The molecule has 1 spiro atoms. The lowest BCUT2D eigenvalue weighted by Crippen LogP contribution is -2.55. The number of benzene rings is 1. The molecule has 0 bridgehead atoms. The smallest absolute Gasteiger partial charge is 0.119 e. The highest BCUT2D eigenvalue weighted by Gasteiger charge is 2.44. The van der Waals surface area contributed by atoms with E-state index in [1.807, 2.05) is 12.1 Å². The van der Waals surface area contributed by atoms with Crippen molar-refractivity contribution in [3.05, 3.63) is 24.3 Å². The molecule has 1 saturated carbocycles. The van der Waals surface area contributed by atoms with E-state index in [4.69, 9.17) is 10.5 Å². The van der Waals surface area contributed by atoms with Crippen LogP contribution in [-0.2, 0) is 0 Å². The van der Waals surface area contributed by atoms with Crippen molar-refractivity contribution in [1.29, 1.82) is 0 Å². The molecule has 1 aliphatic carbocycles. The predicted molar refractivity (Wildman–Crippen MR) is 74.1 cm³/mol. The number of nitrogens with zero attached hydrogens (tertiary/aromatic N) is 1. The standard InChI is InChI=1S/C15H22N2O/c16-9-10-18-14-5-3-13(4-6-14)17-11-15(12-17)7-1-2-8-15/h3-6H,1-2,7-12,16H2. The Labute approximate surface area is 109 Å². The minimum atomic E-state index is 0.566. The SMILES string of the molecule is NCCOc1ccc(N2CC3(CCCC3)C2)cc1. The van der Waals surface area contributed by atoms with Gasteiger partial charge in [0.05, 0.1) is 0 Å². The van der Waals surface area contributed by atoms with Crippen molar-refractivity contribution in [3.8, 4) is 5.75 Å². The molecular formula is C15H22N2O. The third-order valence-corrected chi connectivity index (χ3v) is 4.31. The van der Waals surface area contributed by atoms with Gasteiger partial charge in [0.15, 0.2) is 0 Å². The van der Waals surface area contributed by atoms with E-state index in [0.717, 1.165) is 5.75 Å². The summed E-state index contributed by atoms with van der Waals surface area (Å²) < 4.78 is 5.49. The Balaban J connectivity index is 1.57. The summed E-state index contributed by atoms with van der Waals surface area (Å²) in [4.78, 5) is 2.48. The van der Waals surface area contributed by atoms with E-state index in [1.54, 1.807) is 0 Å². The Kier molecular flexibility index (Phi) is 3.16. The summed E-state index contributed by atoms with van der Waals surface area (Å²) in [6.07, 6.45) is 5.72. The summed E-state index contributed by atoms with van der Waals surface area (Å²) in [6.45, 7) is 3.65. The molecule has 0 unspecified atom stereocenters. The van der Waals surface area contributed by atoms with E-state index in [9.17, 15) is 0 Å². The Morgan fingerprint density at radius 2 is 1.78 bits per heavy atom. The van der Waals surface area contributed by atoms with Crippen LogP contribution in [0.15, 0.2) is 24.3 Å². The first-order valence-electron chi connectivity index (χ1n) is 6.99. The molecule has 1 aromatic rings. The lowest BCUT2D eigenvalue weighted by molar-refractivity contribution is 0.222. The molecule has 3 nitrogen and oxygen atoms in total. The Bertz CT molecular complexity index is 387. The molecule has 3 heteroatoms. The third kappa shape index (κ3) is 2.19. The maximum atomic E-state index is 5.49. The average molecular weight is 246 g/mol. The van der Waals surface area contributed by atoms with Gasteiger partial charge in [-0.3, -0.25) is 0 Å². The molecule has 1 heterocycles. The monoisotopic (exact) mass is 246 g/mol. The van der Waals surface area contributed by atoms with Gasteiger partial charge in [-0.25, -0.2) is 0 Å². The summed E-state index contributed by atoms with van der Waals surface area (Å²) in [7, 11) is 0. The van der Waals surface area contributed by atoms with Crippen LogP contribution in [0.2, 0.25) is 0 Å². The van der Waals surface area contributed by atoms with Crippen LogP contribution in [0.3, 0.4) is 0 Å². The zero-order chi connectivity index (χ0) is 12.4. The summed E-state index contributed by atoms with van der Waals surface area (Å²) in [5.41, 5.74) is 7.41. The van der Waals surface area contributed by atoms with Gasteiger partial charge in [0.1, 0.15) is 12.4 Å². The second kappa shape index (κ2) is 4.81. The van der Waals surface area contributed by atoms with Gasteiger partial charge in [-0.15, -0.1) is 0 Å². The van der Waals surface area contributed by atoms with Gasteiger partial charge in [0.25, 0.3) is 0 Å². The molecule has 0 atom stereocenters. The van der Waals surface area contributed by atoms with Gasteiger partial charge >= 0.3 is 0 Å². The van der Waals surface area contributed by atoms with Crippen LogP contribution in [0.5, 0.6) is 5.75 Å². The first kappa shape index (κ1) is 11.8. The van der Waals surface area contributed by atoms with Crippen molar-refractivity contribution in [3.63, 3.8) is 0 Å².